The van der Waals surface area contributed by atoms with Crippen molar-refractivity contribution in [3.05, 3.63) is 59.4 Å². The highest BCUT2D eigenvalue weighted by Crippen LogP contribution is 2.36. The molecule has 0 saturated heterocycles. The second-order valence-electron chi connectivity index (χ2n) is 6.16. The summed E-state index contributed by atoms with van der Waals surface area (Å²) >= 11 is 6.36. The number of ether oxygens (including phenoxy) is 2. The molecule has 2 aromatic heterocycles. The average Bonchev–Trinajstić information content (AvgIpc) is 3.18. The zero-order valence-electron chi connectivity index (χ0n) is 16.2. The summed E-state index contributed by atoms with van der Waals surface area (Å²) in [5.41, 5.74) is 1.93. The van der Waals surface area contributed by atoms with Crippen LogP contribution >= 0.6 is 11.6 Å². The lowest BCUT2D eigenvalue weighted by Crippen LogP contribution is -2.11. The number of hydrogen-bond acceptors (Lipinski definition) is 8. The highest BCUT2D eigenvalue weighted by Gasteiger charge is 2.23. The highest BCUT2D eigenvalue weighted by atomic mass is 35.5. The number of hydrogen-bond donors (Lipinski definition) is 1. The molecule has 4 aromatic rings. The number of fused-ring (bicyclic) bond motifs is 1. The lowest BCUT2D eigenvalue weighted by Gasteiger charge is -2.10. The Hall–Kier alpha value is -3.65. The van der Waals surface area contributed by atoms with Crippen LogP contribution in [0.5, 0.6) is 5.75 Å². The Kier molecular flexibility index (Phi) is 5.49. The molecule has 0 amide bonds. The van der Waals surface area contributed by atoms with Crippen LogP contribution in [0.25, 0.3) is 22.4 Å². The van der Waals surface area contributed by atoms with Gasteiger partial charge in [-0.2, -0.15) is 4.98 Å². The van der Waals surface area contributed by atoms with Crippen LogP contribution in [0.3, 0.4) is 0 Å². The number of carbonyl (C=O) groups is 1. The van der Waals surface area contributed by atoms with E-state index >= 15 is 0 Å². The summed E-state index contributed by atoms with van der Waals surface area (Å²) in [6.07, 6.45) is 0. The van der Waals surface area contributed by atoms with E-state index in [9.17, 15) is 4.79 Å². The molecule has 0 radical (unpaired) electrons. The molecular formula is C21H17ClN4O4. The van der Waals surface area contributed by atoms with Gasteiger partial charge in [-0.1, -0.05) is 41.0 Å². The molecule has 0 atom stereocenters. The second-order valence-corrected chi connectivity index (χ2v) is 6.57. The van der Waals surface area contributed by atoms with Gasteiger partial charge in [0.2, 0.25) is 5.82 Å². The minimum absolute atomic E-state index is 0.133. The van der Waals surface area contributed by atoms with Gasteiger partial charge in [0.15, 0.2) is 0 Å². The molecule has 0 bridgehead atoms. The van der Waals surface area contributed by atoms with Crippen LogP contribution < -0.4 is 10.1 Å². The predicted molar refractivity (Wildman–Crippen MR) is 112 cm³/mol. The summed E-state index contributed by atoms with van der Waals surface area (Å²) in [6, 6.07) is 14.5. The van der Waals surface area contributed by atoms with E-state index in [0.29, 0.717) is 38.9 Å². The topological polar surface area (TPSA) is 99.4 Å². The van der Waals surface area contributed by atoms with E-state index in [4.69, 9.17) is 25.6 Å². The number of benzene rings is 2. The fraction of sp³-hybridized carbons (Fsp3) is 0.143. The maximum atomic E-state index is 12.2. The molecule has 2 aromatic carbocycles. The maximum absolute atomic E-state index is 12.2. The lowest BCUT2D eigenvalue weighted by atomic mass is 10.1. The third-order valence-corrected chi connectivity index (χ3v) is 4.59. The number of halogens is 1. The van der Waals surface area contributed by atoms with Crippen LogP contribution in [-0.2, 0) is 4.74 Å². The molecule has 0 saturated carbocycles. The van der Waals surface area contributed by atoms with E-state index < -0.39 is 5.97 Å². The Morgan fingerprint density at radius 3 is 2.77 bits per heavy atom. The Bertz CT molecular complexity index is 1220. The Morgan fingerprint density at radius 2 is 2.00 bits per heavy atom. The van der Waals surface area contributed by atoms with E-state index in [2.05, 4.69) is 20.4 Å². The molecule has 30 heavy (non-hydrogen) atoms. The highest BCUT2D eigenvalue weighted by molar-refractivity contribution is 6.33. The van der Waals surface area contributed by atoms with Crippen LogP contribution in [0.15, 0.2) is 53.1 Å². The lowest BCUT2D eigenvalue weighted by molar-refractivity contribution is 0.0512. The van der Waals surface area contributed by atoms with Gasteiger partial charge in [0.05, 0.1) is 18.7 Å². The summed E-state index contributed by atoms with van der Waals surface area (Å²) in [5, 5.41) is 8.30. The molecule has 0 unspecified atom stereocenters. The SMILES string of the molecule is CCOC(=O)c1nc(Nc2cccc(OC)c2)c2c(-c3ccccc3Cl)noc2n1. The molecule has 152 valence electrons. The molecule has 1 N–H and O–H groups in total. The van der Waals surface area contributed by atoms with Gasteiger partial charge in [-0.05, 0) is 25.1 Å². The molecule has 8 nitrogen and oxygen atoms in total. The number of methoxy groups -OCH3 is 1. The first-order valence-electron chi connectivity index (χ1n) is 9.11. The maximum Gasteiger partial charge on any atom is 0.376 e. The van der Waals surface area contributed by atoms with E-state index in [1.165, 1.54) is 0 Å². The Morgan fingerprint density at radius 1 is 1.17 bits per heavy atom. The summed E-state index contributed by atoms with van der Waals surface area (Å²) in [4.78, 5) is 20.8. The quantitative estimate of drug-likeness (QED) is 0.438. The number of rotatable bonds is 6. The molecule has 0 aliphatic rings. The number of anilines is 2. The zero-order valence-corrected chi connectivity index (χ0v) is 16.9. The van der Waals surface area contributed by atoms with Gasteiger partial charge in [-0.25, -0.2) is 9.78 Å². The van der Waals surface area contributed by atoms with E-state index in [0.717, 1.165) is 0 Å². The number of carbonyl (C=O) groups excluding carboxylic acids is 1. The van der Waals surface area contributed by atoms with Crippen molar-refractivity contribution in [3.8, 4) is 17.0 Å². The fourth-order valence-electron chi connectivity index (χ4n) is 2.91. The average molecular weight is 425 g/mol. The minimum Gasteiger partial charge on any atom is -0.497 e. The van der Waals surface area contributed by atoms with E-state index in [-0.39, 0.29) is 18.1 Å². The third-order valence-electron chi connectivity index (χ3n) is 4.26. The van der Waals surface area contributed by atoms with Crippen molar-refractivity contribution in [1.29, 1.82) is 0 Å². The van der Waals surface area contributed by atoms with Gasteiger partial charge in [0.25, 0.3) is 5.71 Å². The molecule has 0 aliphatic carbocycles. The monoisotopic (exact) mass is 424 g/mol. The predicted octanol–water partition coefficient (Wildman–Crippen LogP) is 4.87. The van der Waals surface area contributed by atoms with Crippen molar-refractivity contribution in [2.24, 2.45) is 0 Å². The first-order valence-corrected chi connectivity index (χ1v) is 9.49. The molecule has 0 aliphatic heterocycles. The fourth-order valence-corrected chi connectivity index (χ4v) is 3.13. The first kappa shape index (κ1) is 19.7. The normalized spacial score (nSPS) is 10.8. The Labute approximate surface area is 176 Å². The van der Waals surface area contributed by atoms with Gasteiger partial charge in [-0.15, -0.1) is 0 Å². The molecule has 4 rings (SSSR count). The second kappa shape index (κ2) is 8.38. The number of nitrogens with zero attached hydrogens (tertiary/aromatic N) is 3. The smallest absolute Gasteiger partial charge is 0.376 e. The van der Waals surface area contributed by atoms with Crippen LogP contribution in [0.2, 0.25) is 5.02 Å². The minimum atomic E-state index is -0.663. The molecule has 2 heterocycles. The van der Waals surface area contributed by atoms with Gasteiger partial charge < -0.3 is 19.3 Å². The summed E-state index contributed by atoms with van der Waals surface area (Å²) in [5.74, 6) is 0.181. The van der Waals surface area contributed by atoms with E-state index in [1.807, 2.05) is 36.4 Å². The molecular weight excluding hydrogens is 408 g/mol. The van der Waals surface area contributed by atoms with Crippen molar-refractivity contribution >= 4 is 40.2 Å². The van der Waals surface area contributed by atoms with Crippen LogP contribution in [0.4, 0.5) is 11.5 Å². The Balaban J connectivity index is 1.90. The van der Waals surface area contributed by atoms with Gasteiger partial charge >= 0.3 is 5.97 Å². The van der Waals surface area contributed by atoms with Crippen LogP contribution in [0.1, 0.15) is 17.5 Å². The standard InChI is InChI=1S/C21H17ClN4O4/c1-3-29-21(27)19-24-18(23-12-7-6-8-13(11-12)28-2)16-17(26-30-20(16)25-19)14-9-4-5-10-15(14)22/h4-11H,3H2,1-2H3,(H,23,24,25). The zero-order chi connectivity index (χ0) is 21.1. The van der Waals surface area contributed by atoms with Crippen molar-refractivity contribution in [2.75, 3.05) is 19.0 Å². The molecule has 9 heteroatoms. The van der Waals surface area contributed by atoms with Crippen LogP contribution in [0, 0.1) is 0 Å². The third kappa shape index (κ3) is 3.77. The van der Waals surface area contributed by atoms with Gasteiger partial charge in [0, 0.05) is 17.3 Å². The molecule has 0 fully saturated rings. The summed E-state index contributed by atoms with van der Waals surface area (Å²) in [7, 11) is 1.58. The van der Waals surface area contributed by atoms with Crippen molar-refractivity contribution in [1.82, 2.24) is 15.1 Å². The van der Waals surface area contributed by atoms with Crippen molar-refractivity contribution in [2.45, 2.75) is 6.92 Å². The molecule has 0 spiro atoms. The van der Waals surface area contributed by atoms with Gasteiger partial charge in [-0.3, -0.25) is 0 Å². The summed E-state index contributed by atoms with van der Waals surface area (Å²) in [6.45, 7) is 1.90. The van der Waals surface area contributed by atoms with Crippen LogP contribution in [-0.4, -0.2) is 34.8 Å². The summed E-state index contributed by atoms with van der Waals surface area (Å²) < 4.78 is 15.7. The largest absolute Gasteiger partial charge is 0.497 e. The van der Waals surface area contributed by atoms with Crippen molar-refractivity contribution < 1.29 is 18.8 Å². The number of esters is 1. The van der Waals surface area contributed by atoms with Crippen molar-refractivity contribution in [3.63, 3.8) is 0 Å². The van der Waals surface area contributed by atoms with E-state index in [1.54, 1.807) is 26.2 Å². The first-order chi connectivity index (χ1) is 14.6. The van der Waals surface area contributed by atoms with Gasteiger partial charge in [0.1, 0.15) is 22.6 Å². The number of aromatic nitrogens is 3. The number of nitrogens with one attached hydrogen (secondary N) is 1.